The molecule has 3 aromatic heterocycles. The van der Waals surface area contributed by atoms with Crippen molar-refractivity contribution in [1.82, 2.24) is 15.0 Å². The Labute approximate surface area is 151 Å². The maximum absolute atomic E-state index is 12.7. The van der Waals surface area contributed by atoms with E-state index < -0.39 is 11.0 Å². The Morgan fingerprint density at radius 2 is 2.16 bits per heavy atom. The summed E-state index contributed by atoms with van der Waals surface area (Å²) < 4.78 is 16.1. The van der Waals surface area contributed by atoms with Gasteiger partial charge >= 0.3 is 0 Å². The maximum atomic E-state index is 12.7. The molecule has 0 amide bonds. The van der Waals surface area contributed by atoms with E-state index in [0.717, 1.165) is 29.0 Å². The van der Waals surface area contributed by atoms with Gasteiger partial charge in [0, 0.05) is 30.9 Å². The van der Waals surface area contributed by atoms with E-state index in [1.54, 1.807) is 18.6 Å². The number of rotatable bonds is 4. The predicted molar refractivity (Wildman–Crippen MR) is 99.1 cm³/mol. The van der Waals surface area contributed by atoms with Crippen molar-refractivity contribution < 1.29 is 4.21 Å². The van der Waals surface area contributed by atoms with E-state index in [1.807, 2.05) is 6.92 Å². The SMILES string of the molecule is Cc1cnc(NS(=O)c2ncc(N3CCCC3)s2)c2[nH]cc(C#N)c12. The number of hydrogen-bond donors (Lipinski definition) is 2. The lowest BCUT2D eigenvalue weighted by Crippen LogP contribution is -2.15. The molecular weight excluding hydrogens is 356 g/mol. The van der Waals surface area contributed by atoms with E-state index in [9.17, 15) is 9.47 Å². The molecule has 7 nitrogen and oxygen atoms in total. The van der Waals surface area contributed by atoms with Crippen LogP contribution in [0.3, 0.4) is 0 Å². The summed E-state index contributed by atoms with van der Waals surface area (Å²) >= 11 is 1.44. The van der Waals surface area contributed by atoms with Crippen LogP contribution in [0.25, 0.3) is 10.9 Å². The zero-order valence-corrected chi connectivity index (χ0v) is 15.2. The van der Waals surface area contributed by atoms with E-state index in [4.69, 9.17) is 0 Å². The highest BCUT2D eigenvalue weighted by molar-refractivity contribution is 7.88. The zero-order valence-electron chi connectivity index (χ0n) is 13.6. The Kier molecular flexibility index (Phi) is 4.15. The van der Waals surface area contributed by atoms with Crippen LogP contribution in [0.15, 0.2) is 22.9 Å². The Bertz CT molecular complexity index is 996. The first-order valence-electron chi connectivity index (χ1n) is 7.93. The van der Waals surface area contributed by atoms with Gasteiger partial charge in [-0.25, -0.2) is 14.2 Å². The number of fused-ring (bicyclic) bond motifs is 1. The smallest absolute Gasteiger partial charge is 0.204 e. The molecule has 1 unspecified atom stereocenters. The molecule has 0 aliphatic carbocycles. The van der Waals surface area contributed by atoms with Crippen LogP contribution in [0.5, 0.6) is 0 Å². The largest absolute Gasteiger partial charge is 0.362 e. The minimum Gasteiger partial charge on any atom is -0.362 e. The Morgan fingerprint density at radius 3 is 2.92 bits per heavy atom. The van der Waals surface area contributed by atoms with Gasteiger partial charge in [0.15, 0.2) is 16.8 Å². The van der Waals surface area contributed by atoms with Gasteiger partial charge in [-0.2, -0.15) is 5.26 Å². The third kappa shape index (κ3) is 2.88. The van der Waals surface area contributed by atoms with Crippen LogP contribution in [0.1, 0.15) is 24.0 Å². The number of pyridine rings is 1. The summed E-state index contributed by atoms with van der Waals surface area (Å²) in [6.45, 7) is 3.95. The van der Waals surface area contributed by atoms with Crippen molar-refractivity contribution in [2.45, 2.75) is 24.1 Å². The van der Waals surface area contributed by atoms with Crippen LogP contribution in [-0.2, 0) is 11.0 Å². The van der Waals surface area contributed by atoms with E-state index in [-0.39, 0.29) is 0 Å². The Hall–Kier alpha value is -2.44. The first-order valence-corrected chi connectivity index (χ1v) is 9.90. The van der Waals surface area contributed by atoms with Gasteiger partial charge in [-0.1, -0.05) is 11.3 Å². The van der Waals surface area contributed by atoms with E-state index >= 15 is 0 Å². The average Bonchev–Trinajstić information content (AvgIpc) is 3.36. The highest BCUT2D eigenvalue weighted by Crippen LogP contribution is 2.30. The summed E-state index contributed by atoms with van der Waals surface area (Å²) in [5.74, 6) is 0.457. The maximum Gasteiger partial charge on any atom is 0.204 e. The number of hydrogen-bond acceptors (Lipinski definition) is 6. The first kappa shape index (κ1) is 16.1. The number of anilines is 2. The minimum absolute atomic E-state index is 0.457. The molecule has 1 saturated heterocycles. The van der Waals surface area contributed by atoms with Crippen molar-refractivity contribution in [2.24, 2.45) is 0 Å². The van der Waals surface area contributed by atoms with E-state index in [2.05, 4.69) is 30.6 Å². The molecule has 128 valence electrons. The molecule has 1 atom stereocenters. The second-order valence-electron chi connectivity index (χ2n) is 5.88. The molecule has 0 spiro atoms. The second kappa shape index (κ2) is 6.46. The number of nitrogens with one attached hydrogen (secondary N) is 2. The van der Waals surface area contributed by atoms with Crippen LogP contribution in [0.2, 0.25) is 0 Å². The number of aromatic amines is 1. The first-order chi connectivity index (χ1) is 12.2. The molecule has 1 aliphatic heterocycles. The lowest BCUT2D eigenvalue weighted by Gasteiger charge is -2.12. The van der Waals surface area contributed by atoms with Crippen molar-refractivity contribution in [3.63, 3.8) is 0 Å². The van der Waals surface area contributed by atoms with Crippen molar-refractivity contribution in [3.05, 3.63) is 29.7 Å². The second-order valence-corrected chi connectivity index (χ2v) is 8.28. The van der Waals surface area contributed by atoms with Gasteiger partial charge in [0.25, 0.3) is 0 Å². The Morgan fingerprint density at radius 1 is 1.36 bits per heavy atom. The summed E-state index contributed by atoms with van der Waals surface area (Å²) in [6.07, 6.45) is 7.48. The zero-order chi connectivity index (χ0) is 17.4. The monoisotopic (exact) mass is 372 g/mol. The fourth-order valence-electron chi connectivity index (χ4n) is 3.03. The molecule has 4 heterocycles. The summed E-state index contributed by atoms with van der Waals surface area (Å²) in [6, 6.07) is 2.16. The summed E-state index contributed by atoms with van der Waals surface area (Å²) in [7, 11) is -1.50. The quantitative estimate of drug-likeness (QED) is 0.734. The number of thiazole rings is 1. The van der Waals surface area contributed by atoms with Crippen molar-refractivity contribution in [1.29, 1.82) is 5.26 Å². The third-order valence-electron chi connectivity index (χ3n) is 4.26. The molecule has 0 saturated carbocycles. The Balaban J connectivity index is 1.61. The van der Waals surface area contributed by atoms with Gasteiger partial charge in [0.1, 0.15) is 11.1 Å². The summed E-state index contributed by atoms with van der Waals surface area (Å²) in [5.41, 5.74) is 2.13. The van der Waals surface area contributed by atoms with E-state index in [1.165, 1.54) is 24.2 Å². The molecule has 25 heavy (non-hydrogen) atoms. The van der Waals surface area contributed by atoms with Crippen LogP contribution >= 0.6 is 11.3 Å². The highest BCUT2D eigenvalue weighted by Gasteiger charge is 2.19. The minimum atomic E-state index is -1.50. The number of aromatic nitrogens is 3. The molecule has 9 heteroatoms. The van der Waals surface area contributed by atoms with Gasteiger partial charge in [-0.15, -0.1) is 0 Å². The fourth-order valence-corrected chi connectivity index (χ4v) is 4.98. The third-order valence-corrected chi connectivity index (χ3v) is 6.62. The molecule has 0 aromatic carbocycles. The van der Waals surface area contributed by atoms with Gasteiger partial charge in [-0.05, 0) is 25.3 Å². The lowest BCUT2D eigenvalue weighted by atomic mass is 10.1. The number of nitrogens with zero attached hydrogens (tertiary/aromatic N) is 4. The van der Waals surface area contributed by atoms with Crippen LogP contribution in [0, 0.1) is 18.3 Å². The highest BCUT2D eigenvalue weighted by atomic mass is 32.2. The molecule has 4 rings (SSSR count). The van der Waals surface area contributed by atoms with E-state index in [0.29, 0.717) is 21.2 Å². The van der Waals surface area contributed by atoms with Gasteiger partial charge in [-0.3, -0.25) is 4.72 Å². The molecule has 1 fully saturated rings. The van der Waals surface area contributed by atoms with Crippen LogP contribution < -0.4 is 9.62 Å². The number of aryl methyl sites for hydroxylation is 1. The molecule has 0 bridgehead atoms. The summed E-state index contributed by atoms with van der Waals surface area (Å²) in [5, 5.41) is 11.1. The van der Waals surface area contributed by atoms with Crippen molar-refractivity contribution in [2.75, 3.05) is 22.7 Å². The van der Waals surface area contributed by atoms with Crippen LogP contribution in [0.4, 0.5) is 10.8 Å². The van der Waals surface area contributed by atoms with Gasteiger partial charge in [0.05, 0.1) is 17.3 Å². The molecule has 0 radical (unpaired) electrons. The molecule has 3 aromatic rings. The van der Waals surface area contributed by atoms with Crippen molar-refractivity contribution >= 4 is 44.0 Å². The van der Waals surface area contributed by atoms with Gasteiger partial charge < -0.3 is 9.88 Å². The number of H-pyrrole nitrogens is 1. The topological polar surface area (TPSA) is 97.7 Å². The fraction of sp³-hybridized carbons (Fsp3) is 0.312. The summed E-state index contributed by atoms with van der Waals surface area (Å²) in [4.78, 5) is 13.9. The normalized spacial score (nSPS) is 15.4. The average molecular weight is 372 g/mol. The predicted octanol–water partition coefficient (Wildman–Crippen LogP) is 2.93. The lowest BCUT2D eigenvalue weighted by molar-refractivity contribution is 0.685. The van der Waals surface area contributed by atoms with Crippen molar-refractivity contribution in [3.8, 4) is 6.07 Å². The standard InChI is InChI=1S/C16H16N6OS2/c1-10-7-19-15(14-13(10)11(6-17)8-18-14)21-25(23)16-20-9-12(24-16)22-4-2-3-5-22/h7-9,18H,2-5H2,1H3,(H,19,21). The van der Waals surface area contributed by atoms with Gasteiger partial charge in [0.2, 0.25) is 4.34 Å². The molecular formula is C16H16N6OS2. The molecule has 1 aliphatic rings. The van der Waals surface area contributed by atoms with Crippen LogP contribution in [-0.4, -0.2) is 32.3 Å². The molecule has 2 N–H and O–H groups in total. The number of nitriles is 1.